The van der Waals surface area contributed by atoms with Gasteiger partial charge in [-0.3, -0.25) is 5.10 Å². The van der Waals surface area contributed by atoms with E-state index in [1.807, 2.05) is 43.3 Å². The Morgan fingerprint density at radius 2 is 2.00 bits per heavy atom. The molecule has 0 aliphatic carbocycles. The van der Waals surface area contributed by atoms with Gasteiger partial charge in [-0.2, -0.15) is 5.10 Å². The summed E-state index contributed by atoms with van der Waals surface area (Å²) in [5.41, 5.74) is 5.30. The fraction of sp³-hybridized carbons (Fsp3) is 0.222. The maximum Gasteiger partial charge on any atom is 0.214 e. The van der Waals surface area contributed by atoms with Crippen LogP contribution in [-0.2, 0) is 19.6 Å². The van der Waals surface area contributed by atoms with Crippen LogP contribution < -0.4 is 10.2 Å². The number of rotatable bonds is 7. The summed E-state index contributed by atoms with van der Waals surface area (Å²) < 4.78 is 8.20. The van der Waals surface area contributed by atoms with E-state index in [-0.39, 0.29) is 0 Å². The van der Waals surface area contributed by atoms with Crippen LogP contribution in [-0.4, -0.2) is 14.9 Å². The predicted octanol–water partition coefficient (Wildman–Crippen LogP) is 5.13. The molecule has 8 heteroatoms. The molecule has 3 aromatic rings. The van der Waals surface area contributed by atoms with Gasteiger partial charge in [0, 0.05) is 6.42 Å². The summed E-state index contributed by atoms with van der Waals surface area (Å²) in [5.74, 6) is 1.64. The van der Waals surface area contributed by atoms with Gasteiger partial charge in [-0.25, -0.2) is 4.68 Å². The molecule has 0 fully saturated rings. The molecule has 0 unspecified atom stereocenters. The van der Waals surface area contributed by atoms with Crippen LogP contribution in [0.5, 0.6) is 5.75 Å². The Kier molecular flexibility index (Phi) is 6.19. The number of hydrogen-bond donors (Lipinski definition) is 2. The number of benzene rings is 2. The number of halogens is 2. The monoisotopic (exact) mass is 408 g/mol. The largest absolute Gasteiger partial charge is 0.489 e. The zero-order valence-corrected chi connectivity index (χ0v) is 16.5. The summed E-state index contributed by atoms with van der Waals surface area (Å²) >= 11 is 17.2. The minimum atomic E-state index is 0.417. The molecule has 0 amide bonds. The van der Waals surface area contributed by atoms with Crippen molar-refractivity contribution < 1.29 is 4.74 Å². The highest BCUT2D eigenvalue weighted by Crippen LogP contribution is 2.23. The molecule has 2 N–H and O–H groups in total. The molecular formula is C18H18Cl2N4OS. The van der Waals surface area contributed by atoms with Crippen LogP contribution in [0, 0.1) is 4.77 Å². The van der Waals surface area contributed by atoms with Gasteiger partial charge in [-0.1, -0.05) is 48.3 Å². The van der Waals surface area contributed by atoms with E-state index in [0.29, 0.717) is 28.0 Å². The first-order valence-corrected chi connectivity index (χ1v) is 9.29. The average Bonchev–Trinajstić information content (AvgIpc) is 3.01. The fourth-order valence-corrected chi connectivity index (χ4v) is 2.98. The van der Waals surface area contributed by atoms with E-state index in [4.69, 9.17) is 40.2 Å². The molecule has 2 aromatic carbocycles. The molecule has 0 aliphatic heterocycles. The van der Waals surface area contributed by atoms with Crippen molar-refractivity contribution in [2.75, 3.05) is 5.43 Å². The minimum absolute atomic E-state index is 0.417. The lowest BCUT2D eigenvalue weighted by atomic mass is 10.2. The molecule has 0 saturated carbocycles. The second-order valence-electron chi connectivity index (χ2n) is 5.65. The van der Waals surface area contributed by atoms with Crippen LogP contribution in [0.25, 0.3) is 0 Å². The van der Waals surface area contributed by atoms with Gasteiger partial charge in [0.2, 0.25) is 4.77 Å². The quantitative estimate of drug-likeness (QED) is 0.531. The summed E-state index contributed by atoms with van der Waals surface area (Å²) in [4.78, 5) is 0. The molecule has 0 atom stereocenters. The van der Waals surface area contributed by atoms with Crippen molar-refractivity contribution >= 4 is 35.4 Å². The molecule has 0 radical (unpaired) electrons. The van der Waals surface area contributed by atoms with Gasteiger partial charge in [0.15, 0.2) is 5.82 Å². The highest BCUT2D eigenvalue weighted by molar-refractivity contribution is 7.71. The molecule has 1 aromatic heterocycles. The number of aromatic amines is 1. The lowest BCUT2D eigenvalue weighted by Gasteiger charge is -2.11. The Labute approximate surface area is 166 Å². The maximum absolute atomic E-state index is 6.03. The van der Waals surface area contributed by atoms with Crippen LogP contribution >= 0.6 is 35.4 Å². The first kappa shape index (κ1) is 18.8. The Balaban J connectivity index is 1.63. The molecule has 5 nitrogen and oxygen atoms in total. The summed E-state index contributed by atoms with van der Waals surface area (Å²) in [6.45, 7) is 3.05. The lowest BCUT2D eigenvalue weighted by Crippen LogP contribution is -2.17. The van der Waals surface area contributed by atoms with Crippen LogP contribution in [0.1, 0.15) is 23.9 Å². The topological polar surface area (TPSA) is 54.9 Å². The summed E-state index contributed by atoms with van der Waals surface area (Å²) in [7, 11) is 0. The van der Waals surface area contributed by atoms with E-state index in [1.54, 1.807) is 10.7 Å². The summed E-state index contributed by atoms with van der Waals surface area (Å²) in [5, 5.41) is 8.03. The number of ether oxygens (including phenoxy) is 1. The second kappa shape index (κ2) is 8.58. The molecule has 136 valence electrons. The van der Waals surface area contributed by atoms with E-state index in [9.17, 15) is 0 Å². The van der Waals surface area contributed by atoms with Gasteiger partial charge in [0.1, 0.15) is 12.4 Å². The summed E-state index contributed by atoms with van der Waals surface area (Å²) in [6, 6.07) is 13.4. The third-order valence-electron chi connectivity index (χ3n) is 3.79. The third-order valence-corrected chi connectivity index (χ3v) is 4.80. The fourth-order valence-electron chi connectivity index (χ4n) is 2.44. The van der Waals surface area contributed by atoms with Crippen LogP contribution in [0.3, 0.4) is 0 Å². The van der Waals surface area contributed by atoms with Gasteiger partial charge >= 0.3 is 0 Å². The third kappa shape index (κ3) is 4.58. The van der Waals surface area contributed by atoms with Gasteiger partial charge in [0.05, 0.1) is 16.6 Å². The number of aryl methyl sites for hydroxylation is 1. The summed E-state index contributed by atoms with van der Waals surface area (Å²) in [6.07, 6.45) is 0.785. The van der Waals surface area contributed by atoms with Crippen molar-refractivity contribution in [3.8, 4) is 5.75 Å². The predicted molar refractivity (Wildman–Crippen MR) is 107 cm³/mol. The Morgan fingerprint density at radius 1 is 1.15 bits per heavy atom. The first-order chi connectivity index (χ1) is 12.6. The number of nitrogens with one attached hydrogen (secondary N) is 2. The molecule has 0 aliphatic rings. The first-order valence-electron chi connectivity index (χ1n) is 8.12. The van der Waals surface area contributed by atoms with Crippen molar-refractivity contribution in [2.45, 2.75) is 26.5 Å². The van der Waals surface area contributed by atoms with Crippen molar-refractivity contribution in [3.63, 3.8) is 0 Å². The molecule has 1 heterocycles. The van der Waals surface area contributed by atoms with E-state index in [1.165, 1.54) is 0 Å². The van der Waals surface area contributed by atoms with E-state index in [2.05, 4.69) is 15.6 Å². The van der Waals surface area contributed by atoms with Crippen LogP contribution in [0.15, 0.2) is 42.5 Å². The zero-order chi connectivity index (χ0) is 18.5. The van der Waals surface area contributed by atoms with E-state index >= 15 is 0 Å². The number of aromatic nitrogens is 3. The van der Waals surface area contributed by atoms with Gasteiger partial charge in [0.25, 0.3) is 0 Å². The molecule has 26 heavy (non-hydrogen) atoms. The second-order valence-corrected chi connectivity index (χ2v) is 6.85. The van der Waals surface area contributed by atoms with Crippen LogP contribution in [0.4, 0.5) is 0 Å². The van der Waals surface area contributed by atoms with Gasteiger partial charge < -0.3 is 10.2 Å². The molecule has 0 bridgehead atoms. The van der Waals surface area contributed by atoms with E-state index < -0.39 is 0 Å². The molecule has 0 saturated heterocycles. The minimum Gasteiger partial charge on any atom is -0.489 e. The van der Waals surface area contributed by atoms with Crippen molar-refractivity contribution in [1.29, 1.82) is 0 Å². The Morgan fingerprint density at radius 3 is 2.77 bits per heavy atom. The highest BCUT2D eigenvalue weighted by Gasteiger charge is 2.05. The van der Waals surface area contributed by atoms with E-state index in [0.717, 1.165) is 29.1 Å². The zero-order valence-electron chi connectivity index (χ0n) is 14.1. The lowest BCUT2D eigenvalue weighted by molar-refractivity contribution is 0.306. The number of nitrogens with zero attached hydrogens (tertiary/aromatic N) is 2. The molecule has 3 rings (SSSR count). The molecular weight excluding hydrogens is 391 g/mol. The van der Waals surface area contributed by atoms with Crippen molar-refractivity contribution in [2.24, 2.45) is 0 Å². The smallest absolute Gasteiger partial charge is 0.214 e. The van der Waals surface area contributed by atoms with Gasteiger partial charge in [-0.15, -0.1) is 0 Å². The van der Waals surface area contributed by atoms with Crippen molar-refractivity contribution in [3.05, 3.63) is 74.2 Å². The Bertz CT molecular complexity index is 954. The Hall–Kier alpha value is -2.02. The average molecular weight is 409 g/mol. The van der Waals surface area contributed by atoms with Crippen LogP contribution in [0.2, 0.25) is 10.0 Å². The van der Waals surface area contributed by atoms with Crippen molar-refractivity contribution in [1.82, 2.24) is 14.9 Å². The maximum atomic E-state index is 6.03. The van der Waals surface area contributed by atoms with Gasteiger partial charge in [-0.05, 0) is 47.6 Å². The standard InChI is InChI=1S/C18H18Cl2N4OS/c1-2-17-22-23-18(26)24(17)21-10-12-4-3-5-14(8-12)25-11-13-6-7-15(19)16(20)9-13/h3-9,21H,2,10-11H2,1H3,(H,23,26). The molecule has 0 spiro atoms. The normalized spacial score (nSPS) is 10.7. The number of H-pyrrole nitrogens is 1. The highest BCUT2D eigenvalue weighted by atomic mass is 35.5. The number of hydrogen-bond acceptors (Lipinski definition) is 4. The SMILES string of the molecule is CCc1n[nH]c(=S)n1NCc1cccc(OCc2ccc(Cl)c(Cl)c2)c1.